The van der Waals surface area contributed by atoms with Crippen molar-refractivity contribution in [3.05, 3.63) is 12.2 Å². The van der Waals surface area contributed by atoms with Crippen LogP contribution in [0.5, 0.6) is 0 Å². The largest absolute Gasteiger partial charge is 0.378 e. The van der Waals surface area contributed by atoms with E-state index in [9.17, 15) is 9.90 Å². The zero-order chi connectivity index (χ0) is 24.8. The molecule has 4 heterocycles. The maximum Gasteiger partial charge on any atom is 0.256 e. The summed E-state index contributed by atoms with van der Waals surface area (Å²) in [7, 11) is 2.97. The number of nitrogens with one attached hydrogen (secondary N) is 1. The van der Waals surface area contributed by atoms with E-state index < -0.39 is 60.3 Å². The molecule has 0 aromatic heterocycles. The molecule has 4 saturated heterocycles. The van der Waals surface area contributed by atoms with E-state index in [1.165, 1.54) is 7.11 Å². The Kier molecular flexibility index (Phi) is 7.41. The number of fused-ring (bicyclic) bond motifs is 2. The first kappa shape index (κ1) is 25.9. The third-order valence-electron chi connectivity index (χ3n) is 7.27. The summed E-state index contributed by atoms with van der Waals surface area (Å²) in [6.45, 7) is 11.7. The van der Waals surface area contributed by atoms with Crippen molar-refractivity contribution in [2.75, 3.05) is 27.6 Å². The fourth-order valence-corrected chi connectivity index (χ4v) is 5.05. The van der Waals surface area contributed by atoms with E-state index >= 15 is 0 Å². The second-order valence-corrected chi connectivity index (χ2v) is 9.84. The first-order valence-corrected chi connectivity index (χ1v) is 11.6. The first-order chi connectivity index (χ1) is 16.0. The molecule has 194 valence electrons. The van der Waals surface area contributed by atoms with Crippen LogP contribution in [0, 0.1) is 5.92 Å². The lowest BCUT2D eigenvalue weighted by molar-refractivity contribution is -0.387. The molecule has 1 amide bonds. The van der Waals surface area contributed by atoms with Crippen LogP contribution in [0.3, 0.4) is 0 Å². The minimum atomic E-state index is -1.63. The van der Waals surface area contributed by atoms with E-state index in [2.05, 4.69) is 11.9 Å². The maximum atomic E-state index is 13.2. The number of carbonyl (C=O) groups excluding carboxylic acids is 1. The quantitative estimate of drug-likeness (QED) is 0.528. The number of methoxy groups -OCH3 is 2. The van der Waals surface area contributed by atoms with Gasteiger partial charge in [0.15, 0.2) is 18.1 Å². The average molecular weight is 488 g/mol. The van der Waals surface area contributed by atoms with E-state index in [1.54, 1.807) is 7.11 Å². The molecule has 0 aromatic rings. The summed E-state index contributed by atoms with van der Waals surface area (Å²) in [5.74, 6) is -3.00. The highest BCUT2D eigenvalue weighted by Gasteiger charge is 2.57. The molecule has 10 atom stereocenters. The third kappa shape index (κ3) is 4.65. The van der Waals surface area contributed by atoms with Crippen molar-refractivity contribution in [2.24, 2.45) is 5.92 Å². The fraction of sp³-hybridized carbons (Fsp3) is 0.870. The number of amides is 1. The molecule has 11 heteroatoms. The monoisotopic (exact) mass is 487 g/mol. The van der Waals surface area contributed by atoms with Crippen molar-refractivity contribution in [3.63, 3.8) is 0 Å². The minimum absolute atomic E-state index is 0.0672. The molecule has 0 saturated carbocycles. The number of aliphatic hydroxyl groups is 1. The SMILES string of the molecule is C=C1C[C@](OC)([C@H](O)C(=O)N[C@H]2OCO[C@@H]3[C@@H](OC)[C@@H]4OC(C)(C)OC[C@H]4O[C@@H]32)O[C@H](C)[C@@H]1C. The van der Waals surface area contributed by atoms with Crippen LogP contribution in [-0.4, -0.2) is 99.2 Å². The second-order valence-electron chi connectivity index (χ2n) is 9.84. The van der Waals surface area contributed by atoms with E-state index in [-0.39, 0.29) is 31.8 Å². The van der Waals surface area contributed by atoms with Gasteiger partial charge < -0.3 is 48.3 Å². The highest BCUT2D eigenvalue weighted by atomic mass is 16.8. The van der Waals surface area contributed by atoms with Gasteiger partial charge in [-0.15, -0.1) is 0 Å². The van der Waals surface area contributed by atoms with Crippen molar-refractivity contribution in [3.8, 4) is 0 Å². The molecule has 0 aromatic carbocycles. The lowest BCUT2D eigenvalue weighted by atomic mass is 9.85. The summed E-state index contributed by atoms with van der Waals surface area (Å²) in [5.41, 5.74) is 0.833. The van der Waals surface area contributed by atoms with Crippen molar-refractivity contribution in [2.45, 2.75) is 94.6 Å². The van der Waals surface area contributed by atoms with Gasteiger partial charge in [0.05, 0.1) is 12.7 Å². The van der Waals surface area contributed by atoms with Crippen LogP contribution >= 0.6 is 0 Å². The molecule has 4 aliphatic rings. The van der Waals surface area contributed by atoms with Crippen LogP contribution in [0.25, 0.3) is 0 Å². The van der Waals surface area contributed by atoms with Gasteiger partial charge >= 0.3 is 0 Å². The van der Waals surface area contributed by atoms with Gasteiger partial charge in [0.1, 0.15) is 37.3 Å². The number of aliphatic hydroxyl groups excluding tert-OH is 1. The lowest BCUT2D eigenvalue weighted by Crippen LogP contribution is -2.71. The molecule has 0 aliphatic carbocycles. The fourth-order valence-electron chi connectivity index (χ4n) is 5.05. The Balaban J connectivity index is 1.48. The van der Waals surface area contributed by atoms with E-state index in [0.717, 1.165) is 5.57 Å². The van der Waals surface area contributed by atoms with Gasteiger partial charge in [-0.3, -0.25) is 4.79 Å². The number of hydrogen-bond acceptors (Lipinski definition) is 10. The first-order valence-electron chi connectivity index (χ1n) is 11.6. The van der Waals surface area contributed by atoms with E-state index in [1.807, 2.05) is 27.7 Å². The van der Waals surface area contributed by atoms with Gasteiger partial charge in [0, 0.05) is 26.6 Å². The molecular weight excluding hydrogens is 450 g/mol. The highest BCUT2D eigenvalue weighted by Crippen LogP contribution is 2.39. The molecule has 34 heavy (non-hydrogen) atoms. The Hall–Kier alpha value is -1.15. The molecular formula is C23H37NO10. The van der Waals surface area contributed by atoms with Crippen LogP contribution in [0.1, 0.15) is 34.1 Å². The molecule has 0 radical (unpaired) electrons. The zero-order valence-corrected chi connectivity index (χ0v) is 20.6. The Labute approximate surface area is 199 Å². The summed E-state index contributed by atoms with van der Waals surface area (Å²) in [5, 5.41) is 13.7. The Morgan fingerprint density at radius 3 is 2.56 bits per heavy atom. The molecule has 2 N–H and O–H groups in total. The average Bonchev–Trinajstić information content (AvgIpc) is 2.80. The topological polar surface area (TPSA) is 123 Å². The van der Waals surface area contributed by atoms with Crippen molar-refractivity contribution in [1.82, 2.24) is 5.32 Å². The van der Waals surface area contributed by atoms with Crippen LogP contribution in [0.2, 0.25) is 0 Å². The van der Waals surface area contributed by atoms with Crippen molar-refractivity contribution >= 4 is 5.91 Å². The minimum Gasteiger partial charge on any atom is -0.378 e. The van der Waals surface area contributed by atoms with Crippen molar-refractivity contribution in [1.29, 1.82) is 0 Å². The van der Waals surface area contributed by atoms with Gasteiger partial charge in [-0.2, -0.15) is 0 Å². The zero-order valence-electron chi connectivity index (χ0n) is 20.6. The Morgan fingerprint density at radius 1 is 1.18 bits per heavy atom. The Bertz CT molecular complexity index is 777. The van der Waals surface area contributed by atoms with E-state index in [0.29, 0.717) is 0 Å². The van der Waals surface area contributed by atoms with Gasteiger partial charge in [0.2, 0.25) is 5.79 Å². The smallest absolute Gasteiger partial charge is 0.256 e. The van der Waals surface area contributed by atoms with Crippen LogP contribution in [0.15, 0.2) is 12.2 Å². The number of rotatable bonds is 5. The molecule has 4 aliphatic heterocycles. The summed E-state index contributed by atoms with van der Waals surface area (Å²) >= 11 is 0. The Morgan fingerprint density at radius 2 is 1.91 bits per heavy atom. The molecule has 0 bridgehead atoms. The van der Waals surface area contributed by atoms with Gasteiger partial charge in [-0.1, -0.05) is 19.1 Å². The van der Waals surface area contributed by atoms with E-state index in [4.69, 9.17) is 37.9 Å². The highest BCUT2D eigenvalue weighted by molar-refractivity contribution is 5.82. The van der Waals surface area contributed by atoms with Crippen LogP contribution < -0.4 is 5.32 Å². The summed E-state index contributed by atoms with van der Waals surface area (Å²) < 4.78 is 46.7. The van der Waals surface area contributed by atoms with Gasteiger partial charge in [-0.05, 0) is 20.8 Å². The van der Waals surface area contributed by atoms with Gasteiger partial charge in [0.25, 0.3) is 5.91 Å². The summed E-state index contributed by atoms with van der Waals surface area (Å²) in [6.07, 6.45) is -5.29. The maximum absolute atomic E-state index is 13.2. The molecule has 0 spiro atoms. The predicted octanol–water partition coefficient (Wildman–Crippen LogP) is 0.440. The molecule has 4 rings (SSSR count). The standard InChI is InChI=1S/C23H37NO10/c1-11-8-23(28-7,33-13(3)12(11)2)19(25)20(26)24-21-18-17(29-10-30-21)16(27-6)15-14(32-18)9-31-22(4,5)34-15/h12-19,21,25H,1,8-10H2,2-7H3,(H,24,26)/t12-,13-,14-,15-,16+,17-,18+,19-,21+,23-/m1/s1. The third-order valence-corrected chi connectivity index (χ3v) is 7.27. The molecule has 4 fully saturated rings. The normalized spacial score (nSPS) is 45.1. The lowest BCUT2D eigenvalue weighted by Gasteiger charge is -2.53. The summed E-state index contributed by atoms with van der Waals surface area (Å²) in [6, 6.07) is 0. The molecule has 0 unspecified atom stereocenters. The van der Waals surface area contributed by atoms with Crippen LogP contribution in [-0.2, 0) is 42.7 Å². The molecule has 11 nitrogen and oxygen atoms in total. The van der Waals surface area contributed by atoms with Gasteiger partial charge in [-0.25, -0.2) is 0 Å². The number of hydrogen-bond donors (Lipinski definition) is 2. The number of ether oxygens (including phenoxy) is 8. The van der Waals surface area contributed by atoms with Crippen molar-refractivity contribution < 1.29 is 47.8 Å². The predicted molar refractivity (Wildman–Crippen MR) is 116 cm³/mol. The summed E-state index contributed by atoms with van der Waals surface area (Å²) in [4.78, 5) is 13.2. The number of carbonyl (C=O) groups is 1. The second kappa shape index (κ2) is 9.72. The van der Waals surface area contributed by atoms with Crippen LogP contribution in [0.4, 0.5) is 0 Å².